The number of allylic oxidation sites excluding steroid dienone is 2. The number of hydrogen-bond donors (Lipinski definition) is 0. The highest BCUT2D eigenvalue weighted by atomic mass is 35.5. The van der Waals surface area contributed by atoms with Crippen molar-refractivity contribution in [3.63, 3.8) is 0 Å². The van der Waals surface area contributed by atoms with Crippen LogP contribution in [-0.2, 0) is 9.84 Å². The van der Waals surface area contributed by atoms with Crippen LogP contribution >= 0.6 is 11.6 Å². The minimum Gasteiger partial charge on any atom is -0.456 e. The van der Waals surface area contributed by atoms with Gasteiger partial charge in [0.05, 0.1) is 11.3 Å². The van der Waals surface area contributed by atoms with Crippen molar-refractivity contribution >= 4 is 27.1 Å². The molecule has 1 heterocycles. The summed E-state index contributed by atoms with van der Waals surface area (Å²) in [6.45, 7) is -0.638. The molecule has 1 aliphatic heterocycles. The van der Waals surface area contributed by atoms with E-state index in [-0.39, 0.29) is 16.3 Å². The molecule has 2 aromatic rings. The van der Waals surface area contributed by atoms with Gasteiger partial charge >= 0.3 is 12.5 Å². The number of ether oxygens (including phenoxy) is 2. The molecule has 3 rings (SSSR count). The van der Waals surface area contributed by atoms with E-state index in [2.05, 4.69) is 4.74 Å². The molecule has 0 bridgehead atoms. The second-order valence-electron chi connectivity index (χ2n) is 6.67. The summed E-state index contributed by atoms with van der Waals surface area (Å²) in [5.74, 6) is -1.52. The summed E-state index contributed by atoms with van der Waals surface area (Å²) >= 11 is 5.87. The number of hydrogen-bond acceptors (Lipinski definition) is 5. The highest BCUT2D eigenvalue weighted by Gasteiger charge is 2.40. The van der Waals surface area contributed by atoms with Gasteiger partial charge in [0.2, 0.25) is 0 Å². The van der Waals surface area contributed by atoms with E-state index >= 15 is 0 Å². The smallest absolute Gasteiger partial charge is 0.456 e. The molecule has 0 saturated heterocycles. The Kier molecular flexibility index (Phi) is 6.23. The molecule has 13 heteroatoms. The van der Waals surface area contributed by atoms with Gasteiger partial charge in [-0.3, -0.25) is 0 Å². The Morgan fingerprint density at radius 1 is 1.09 bits per heavy atom. The van der Waals surface area contributed by atoms with Crippen LogP contribution < -0.4 is 14.4 Å². The third-order valence-corrected chi connectivity index (χ3v) is 5.58. The van der Waals surface area contributed by atoms with Crippen LogP contribution in [0.25, 0.3) is 0 Å². The van der Waals surface area contributed by atoms with E-state index in [1.807, 2.05) is 0 Å². The van der Waals surface area contributed by atoms with Gasteiger partial charge in [-0.05, 0) is 36.4 Å². The quantitative estimate of drug-likeness (QED) is 0.467. The molecule has 0 radical (unpaired) electrons. The summed E-state index contributed by atoms with van der Waals surface area (Å²) < 4.78 is 119. The molecule has 0 unspecified atom stereocenters. The van der Waals surface area contributed by atoms with E-state index in [1.165, 1.54) is 18.2 Å². The van der Waals surface area contributed by atoms with Crippen LogP contribution in [0.5, 0.6) is 11.5 Å². The standard InChI is InChI=1S/C20H14ClF6NO4S/c1-33(29,30)15-4-2-3-12(9-15)28-8-7-13(11-18(28)19(22,23)24)31-17-6-5-14(10-16(17)21)32-20(25,26)27/h2-7,9-11H,8H2,1H3/i7D. The summed E-state index contributed by atoms with van der Waals surface area (Å²) in [6.07, 6.45) is -8.48. The minimum atomic E-state index is -4.98. The molecule has 0 spiro atoms. The molecule has 0 fully saturated rings. The molecule has 0 aliphatic carbocycles. The lowest BCUT2D eigenvalue weighted by Crippen LogP contribution is -2.34. The number of benzene rings is 2. The van der Waals surface area contributed by atoms with Gasteiger partial charge in [-0.2, -0.15) is 13.2 Å². The van der Waals surface area contributed by atoms with Gasteiger partial charge in [-0.1, -0.05) is 17.7 Å². The molecule has 0 amide bonds. The van der Waals surface area contributed by atoms with Gasteiger partial charge in [0.15, 0.2) is 9.84 Å². The molecule has 2 aromatic carbocycles. The van der Waals surface area contributed by atoms with Gasteiger partial charge in [-0.25, -0.2) is 8.42 Å². The Morgan fingerprint density at radius 2 is 1.79 bits per heavy atom. The van der Waals surface area contributed by atoms with E-state index < -0.39 is 57.2 Å². The van der Waals surface area contributed by atoms with Crippen molar-refractivity contribution < 1.29 is 45.6 Å². The molecule has 0 atom stereocenters. The number of halogens is 7. The lowest BCUT2D eigenvalue weighted by Gasteiger charge is -2.31. The maximum Gasteiger partial charge on any atom is 0.573 e. The Morgan fingerprint density at radius 3 is 2.36 bits per heavy atom. The number of alkyl halides is 6. The van der Waals surface area contributed by atoms with E-state index in [0.29, 0.717) is 11.0 Å². The zero-order valence-electron chi connectivity index (χ0n) is 17.5. The number of nitrogens with zero attached hydrogens (tertiary/aromatic N) is 1. The average molecular weight is 515 g/mol. The maximum absolute atomic E-state index is 13.8. The van der Waals surface area contributed by atoms with Crippen LogP contribution in [0.15, 0.2) is 70.9 Å². The lowest BCUT2D eigenvalue weighted by atomic mass is 10.1. The highest BCUT2D eigenvalue weighted by molar-refractivity contribution is 7.90. The van der Waals surface area contributed by atoms with Crippen molar-refractivity contribution in [1.29, 1.82) is 0 Å². The molecule has 0 aromatic heterocycles. The average Bonchev–Trinajstić information content (AvgIpc) is 2.68. The topological polar surface area (TPSA) is 55.8 Å². The maximum atomic E-state index is 13.8. The molecular formula is C20H14ClF6NO4S. The second kappa shape index (κ2) is 8.82. The number of rotatable bonds is 5. The molecule has 178 valence electrons. The zero-order valence-corrected chi connectivity index (χ0v) is 18.0. The van der Waals surface area contributed by atoms with Gasteiger partial charge < -0.3 is 14.4 Å². The molecule has 1 aliphatic rings. The predicted molar refractivity (Wildman–Crippen MR) is 108 cm³/mol. The lowest BCUT2D eigenvalue weighted by molar-refractivity contribution is -0.274. The van der Waals surface area contributed by atoms with Crippen LogP contribution in [0.2, 0.25) is 5.02 Å². The highest BCUT2D eigenvalue weighted by Crippen LogP contribution is 2.38. The zero-order chi connectivity index (χ0) is 25.5. The van der Waals surface area contributed by atoms with E-state index in [1.54, 1.807) is 0 Å². The predicted octanol–water partition coefficient (Wildman–Crippen LogP) is 5.87. The number of anilines is 1. The van der Waals surface area contributed by atoms with E-state index in [4.69, 9.17) is 17.7 Å². The van der Waals surface area contributed by atoms with Crippen molar-refractivity contribution in [2.24, 2.45) is 0 Å². The Labute approximate surface area is 190 Å². The van der Waals surface area contributed by atoms with E-state index in [0.717, 1.165) is 30.5 Å². The van der Waals surface area contributed by atoms with Crippen LogP contribution in [0, 0.1) is 0 Å². The van der Waals surface area contributed by atoms with Crippen molar-refractivity contribution in [2.75, 3.05) is 17.7 Å². The summed E-state index contributed by atoms with van der Waals surface area (Å²) in [4.78, 5) is 0.489. The summed E-state index contributed by atoms with van der Waals surface area (Å²) in [7, 11) is -3.71. The molecule has 5 nitrogen and oxygen atoms in total. The van der Waals surface area contributed by atoms with E-state index in [9.17, 15) is 34.8 Å². The Bertz CT molecular complexity index is 1270. The van der Waals surface area contributed by atoms with Crippen LogP contribution in [-0.4, -0.2) is 33.8 Å². The first-order valence-electron chi connectivity index (χ1n) is 9.34. The molecule has 0 saturated carbocycles. The summed E-state index contributed by atoms with van der Waals surface area (Å²) in [6, 6.07) is 6.92. The normalized spacial score (nSPS) is 15.8. The first-order chi connectivity index (χ1) is 15.5. The largest absolute Gasteiger partial charge is 0.573 e. The van der Waals surface area contributed by atoms with Gasteiger partial charge in [0.1, 0.15) is 23.0 Å². The Balaban J connectivity index is 1.96. The van der Waals surface area contributed by atoms with Crippen molar-refractivity contribution in [2.45, 2.75) is 17.4 Å². The van der Waals surface area contributed by atoms with Crippen LogP contribution in [0.1, 0.15) is 1.37 Å². The summed E-state index contributed by atoms with van der Waals surface area (Å²) in [5.41, 5.74) is -1.38. The van der Waals surface area contributed by atoms with Crippen molar-refractivity contribution in [3.05, 3.63) is 71.1 Å². The van der Waals surface area contributed by atoms with Gasteiger partial charge in [-0.15, -0.1) is 13.2 Å². The monoisotopic (exact) mass is 514 g/mol. The first kappa shape index (κ1) is 23.3. The van der Waals surface area contributed by atoms with Crippen LogP contribution in [0.3, 0.4) is 0 Å². The third kappa shape index (κ3) is 6.35. The molecule has 33 heavy (non-hydrogen) atoms. The Hall–Kier alpha value is -2.86. The number of sulfone groups is 1. The van der Waals surface area contributed by atoms with Gasteiger partial charge in [0, 0.05) is 30.6 Å². The van der Waals surface area contributed by atoms with Gasteiger partial charge in [0.25, 0.3) is 0 Å². The molecule has 0 N–H and O–H groups in total. The van der Waals surface area contributed by atoms with Crippen molar-refractivity contribution in [3.8, 4) is 11.5 Å². The fourth-order valence-electron chi connectivity index (χ4n) is 2.79. The summed E-state index contributed by atoms with van der Waals surface area (Å²) in [5, 5.41) is -0.396. The fraction of sp³-hybridized carbons (Fsp3) is 0.200. The molecular weight excluding hydrogens is 500 g/mol. The fourth-order valence-corrected chi connectivity index (χ4v) is 3.66. The third-order valence-electron chi connectivity index (χ3n) is 4.17. The van der Waals surface area contributed by atoms with Crippen molar-refractivity contribution in [1.82, 2.24) is 0 Å². The first-order valence-corrected chi connectivity index (χ1v) is 11.1. The SMILES string of the molecule is [2H]C1=C(Oc2ccc(OC(F)(F)F)cc2Cl)C=C(C(F)(F)F)N(c2cccc(S(C)(=O)=O)c2)C1. The minimum absolute atomic E-state index is 0.123. The van der Waals surface area contributed by atoms with Crippen LogP contribution in [0.4, 0.5) is 32.0 Å². The second-order valence-corrected chi connectivity index (χ2v) is 9.09.